The zero-order valence-corrected chi connectivity index (χ0v) is 18.5. The Hall–Kier alpha value is -2.68. The maximum absolute atomic E-state index is 12.9. The number of para-hydroxylation sites is 1. The SMILES string of the molecule is O=C1CC(c2ccc(OC(F)F)c3oc4ccccc4c23)CN1Cc1ccc(I)cc1. The summed E-state index contributed by atoms with van der Waals surface area (Å²) in [4.78, 5) is 14.6. The molecule has 0 spiro atoms. The zero-order chi connectivity index (χ0) is 21.5. The van der Waals surface area contributed by atoms with Crippen LogP contribution < -0.4 is 4.74 Å². The van der Waals surface area contributed by atoms with Crippen LogP contribution in [0.1, 0.15) is 23.5 Å². The molecule has 1 aliphatic rings. The van der Waals surface area contributed by atoms with Gasteiger partial charge in [0.2, 0.25) is 5.91 Å². The van der Waals surface area contributed by atoms with Gasteiger partial charge in [0.1, 0.15) is 5.58 Å². The van der Waals surface area contributed by atoms with Gasteiger partial charge in [-0.3, -0.25) is 4.79 Å². The lowest BCUT2D eigenvalue weighted by Gasteiger charge is -2.18. The predicted octanol–water partition coefficient (Wildman–Crippen LogP) is 6.31. The molecule has 0 saturated carbocycles. The smallest absolute Gasteiger partial charge is 0.387 e. The summed E-state index contributed by atoms with van der Waals surface area (Å²) in [6.07, 6.45) is 0.369. The molecule has 1 fully saturated rings. The highest BCUT2D eigenvalue weighted by Gasteiger charge is 2.33. The predicted molar refractivity (Wildman–Crippen MR) is 122 cm³/mol. The fraction of sp³-hybridized carbons (Fsp3) is 0.208. The standard InChI is InChI=1S/C24H18F2INO3/c25-24(26)31-20-10-9-17(22-18-3-1-2-4-19(18)30-23(20)22)15-11-21(29)28(13-15)12-14-5-7-16(27)8-6-14/h1-10,15,24H,11-13H2. The Bertz CT molecular complexity index is 1270. The van der Waals surface area contributed by atoms with E-state index in [1.165, 1.54) is 6.07 Å². The van der Waals surface area contributed by atoms with Gasteiger partial charge in [0, 0.05) is 39.8 Å². The second-order valence-electron chi connectivity index (χ2n) is 7.64. The summed E-state index contributed by atoms with van der Waals surface area (Å²) < 4.78 is 37.6. The monoisotopic (exact) mass is 533 g/mol. The van der Waals surface area contributed by atoms with E-state index in [-0.39, 0.29) is 17.6 Å². The second kappa shape index (κ2) is 8.11. The lowest BCUT2D eigenvalue weighted by atomic mass is 9.93. The molecular formula is C24H18F2INO3. The normalized spacial score (nSPS) is 16.7. The van der Waals surface area contributed by atoms with Gasteiger partial charge in [-0.05, 0) is 58.0 Å². The molecule has 0 radical (unpaired) electrons. The molecule has 2 heterocycles. The fourth-order valence-electron chi connectivity index (χ4n) is 4.30. The summed E-state index contributed by atoms with van der Waals surface area (Å²) in [5.41, 5.74) is 2.89. The summed E-state index contributed by atoms with van der Waals surface area (Å²) in [6.45, 7) is -1.83. The number of carbonyl (C=O) groups excluding carboxylic acids is 1. The van der Waals surface area contributed by atoms with E-state index in [0.29, 0.717) is 30.7 Å². The van der Waals surface area contributed by atoms with Crippen molar-refractivity contribution in [2.45, 2.75) is 25.5 Å². The van der Waals surface area contributed by atoms with Crippen LogP contribution in [0.25, 0.3) is 21.9 Å². The number of ether oxygens (including phenoxy) is 1. The average Bonchev–Trinajstić information content (AvgIpc) is 3.31. The highest BCUT2D eigenvalue weighted by atomic mass is 127. The Morgan fingerprint density at radius 3 is 2.65 bits per heavy atom. The number of furan rings is 1. The first-order valence-electron chi connectivity index (χ1n) is 9.91. The lowest BCUT2D eigenvalue weighted by molar-refractivity contribution is -0.128. The molecule has 4 nitrogen and oxygen atoms in total. The van der Waals surface area contributed by atoms with Crippen molar-refractivity contribution in [2.75, 3.05) is 6.54 Å². The molecule has 5 rings (SSSR count). The molecule has 31 heavy (non-hydrogen) atoms. The molecule has 0 N–H and O–H groups in total. The minimum absolute atomic E-state index is 0.00465. The highest BCUT2D eigenvalue weighted by molar-refractivity contribution is 14.1. The molecule has 0 bridgehead atoms. The molecule has 1 amide bonds. The number of halogens is 3. The number of hydrogen-bond acceptors (Lipinski definition) is 3. The third kappa shape index (κ3) is 3.86. The van der Waals surface area contributed by atoms with E-state index >= 15 is 0 Å². The van der Waals surface area contributed by atoms with Crippen molar-refractivity contribution in [1.82, 2.24) is 4.90 Å². The van der Waals surface area contributed by atoms with Crippen LogP contribution in [0.3, 0.4) is 0 Å². The lowest BCUT2D eigenvalue weighted by Crippen LogP contribution is -2.24. The van der Waals surface area contributed by atoms with Gasteiger partial charge in [0.05, 0.1) is 0 Å². The van der Waals surface area contributed by atoms with E-state index in [0.717, 1.165) is 25.5 Å². The molecule has 1 unspecified atom stereocenters. The van der Waals surface area contributed by atoms with E-state index < -0.39 is 6.61 Å². The molecule has 1 aliphatic heterocycles. The third-order valence-corrected chi connectivity index (χ3v) is 6.40. The number of carbonyl (C=O) groups is 1. The van der Waals surface area contributed by atoms with Crippen molar-refractivity contribution in [3.05, 3.63) is 75.4 Å². The first-order chi connectivity index (χ1) is 15.0. The molecule has 7 heteroatoms. The number of rotatable bonds is 5. The molecule has 4 aromatic rings. The van der Waals surface area contributed by atoms with Gasteiger partial charge in [0.15, 0.2) is 11.3 Å². The van der Waals surface area contributed by atoms with Gasteiger partial charge >= 0.3 is 6.61 Å². The number of hydrogen-bond donors (Lipinski definition) is 0. The largest absolute Gasteiger partial charge is 0.452 e. The first-order valence-corrected chi connectivity index (χ1v) is 11.0. The van der Waals surface area contributed by atoms with E-state index in [9.17, 15) is 13.6 Å². The van der Waals surface area contributed by atoms with E-state index in [4.69, 9.17) is 9.15 Å². The minimum Gasteiger partial charge on any atom is -0.452 e. The molecule has 3 aromatic carbocycles. The summed E-state index contributed by atoms with van der Waals surface area (Å²) in [5, 5.41) is 1.57. The van der Waals surface area contributed by atoms with Gasteiger partial charge < -0.3 is 14.1 Å². The van der Waals surface area contributed by atoms with Gasteiger partial charge in [-0.15, -0.1) is 0 Å². The molecule has 1 saturated heterocycles. The number of nitrogens with zero attached hydrogens (tertiary/aromatic N) is 1. The number of likely N-dealkylation sites (tertiary alicyclic amines) is 1. The van der Waals surface area contributed by atoms with Crippen LogP contribution in [0.4, 0.5) is 8.78 Å². The number of benzene rings is 3. The maximum Gasteiger partial charge on any atom is 0.387 e. The maximum atomic E-state index is 12.9. The number of amides is 1. The quantitative estimate of drug-likeness (QED) is 0.283. The first kappa shape index (κ1) is 20.2. The van der Waals surface area contributed by atoms with Crippen molar-refractivity contribution in [2.24, 2.45) is 0 Å². The van der Waals surface area contributed by atoms with Gasteiger partial charge in [-0.25, -0.2) is 0 Å². The van der Waals surface area contributed by atoms with Crippen LogP contribution >= 0.6 is 22.6 Å². The topological polar surface area (TPSA) is 42.7 Å². The van der Waals surface area contributed by atoms with Gasteiger partial charge in [-0.1, -0.05) is 36.4 Å². The Balaban J connectivity index is 1.52. The van der Waals surface area contributed by atoms with E-state index in [1.54, 1.807) is 12.1 Å². The molecule has 1 aromatic heterocycles. The van der Waals surface area contributed by atoms with Crippen LogP contribution in [0.15, 0.2) is 65.1 Å². The van der Waals surface area contributed by atoms with Crippen molar-refractivity contribution in [1.29, 1.82) is 0 Å². The molecule has 0 aliphatic carbocycles. The van der Waals surface area contributed by atoms with Gasteiger partial charge in [-0.2, -0.15) is 8.78 Å². The molecule has 1 atom stereocenters. The van der Waals surface area contributed by atoms with Crippen molar-refractivity contribution < 1.29 is 22.7 Å². The minimum atomic E-state index is -2.94. The second-order valence-corrected chi connectivity index (χ2v) is 8.88. The van der Waals surface area contributed by atoms with Crippen LogP contribution in [0.5, 0.6) is 5.75 Å². The molecule has 158 valence electrons. The van der Waals surface area contributed by atoms with Crippen molar-refractivity contribution in [3.8, 4) is 5.75 Å². The van der Waals surface area contributed by atoms with E-state index in [2.05, 4.69) is 22.6 Å². The van der Waals surface area contributed by atoms with Crippen LogP contribution in [0.2, 0.25) is 0 Å². The summed E-state index contributed by atoms with van der Waals surface area (Å²) in [5.74, 6) is 0.0304. The van der Waals surface area contributed by atoms with E-state index in [1.807, 2.05) is 47.4 Å². The summed E-state index contributed by atoms with van der Waals surface area (Å²) in [7, 11) is 0. The Morgan fingerprint density at radius 1 is 1.10 bits per heavy atom. The van der Waals surface area contributed by atoms with Crippen LogP contribution in [-0.4, -0.2) is 24.0 Å². The van der Waals surface area contributed by atoms with Crippen LogP contribution in [0, 0.1) is 3.57 Å². The Morgan fingerprint density at radius 2 is 1.87 bits per heavy atom. The summed E-state index contributed by atoms with van der Waals surface area (Å²) >= 11 is 2.25. The summed E-state index contributed by atoms with van der Waals surface area (Å²) in [6, 6.07) is 18.8. The Kier molecular flexibility index (Phi) is 5.29. The fourth-order valence-corrected chi connectivity index (χ4v) is 4.66. The Labute approximate surface area is 190 Å². The van der Waals surface area contributed by atoms with Crippen molar-refractivity contribution >= 4 is 50.4 Å². The van der Waals surface area contributed by atoms with Gasteiger partial charge in [0.25, 0.3) is 0 Å². The van der Waals surface area contributed by atoms with Crippen LogP contribution in [-0.2, 0) is 11.3 Å². The van der Waals surface area contributed by atoms with Crippen molar-refractivity contribution in [3.63, 3.8) is 0 Å². The number of alkyl halides is 2. The zero-order valence-electron chi connectivity index (χ0n) is 16.4. The average molecular weight is 533 g/mol. The highest BCUT2D eigenvalue weighted by Crippen LogP contribution is 2.42. The third-order valence-electron chi connectivity index (χ3n) is 5.68. The number of fused-ring (bicyclic) bond motifs is 3. The molecular weight excluding hydrogens is 515 g/mol.